The zero-order valence-electron chi connectivity index (χ0n) is 11.6. The quantitative estimate of drug-likeness (QED) is 0.813. The lowest BCUT2D eigenvalue weighted by Crippen LogP contribution is -2.26. The molecule has 2 aromatic rings. The van der Waals surface area contributed by atoms with Crippen molar-refractivity contribution in [2.24, 2.45) is 0 Å². The molecule has 0 aliphatic carbocycles. The summed E-state index contributed by atoms with van der Waals surface area (Å²) in [6.45, 7) is 0.0565. The van der Waals surface area contributed by atoms with E-state index in [0.717, 1.165) is 5.56 Å². The Kier molecular flexibility index (Phi) is 5.35. The molecule has 1 heterocycles. The topological polar surface area (TPSA) is 75.6 Å². The van der Waals surface area contributed by atoms with Gasteiger partial charge in [-0.15, -0.1) is 0 Å². The highest BCUT2D eigenvalue weighted by molar-refractivity contribution is 7.89. The highest BCUT2D eigenvalue weighted by atomic mass is 32.2. The van der Waals surface area contributed by atoms with E-state index in [1.165, 1.54) is 19.2 Å². The molecule has 7 heteroatoms. The Balaban J connectivity index is 2.08. The number of sulfonamides is 1. The average Bonchev–Trinajstić information content (AvgIpc) is 2.99. The smallest absolute Gasteiger partial charge is 0.240 e. The Morgan fingerprint density at radius 1 is 1.33 bits per heavy atom. The molecule has 1 aromatic heterocycles. The van der Waals surface area contributed by atoms with Gasteiger partial charge < -0.3 is 9.84 Å². The van der Waals surface area contributed by atoms with E-state index in [-0.39, 0.29) is 11.5 Å². The number of ether oxygens (including phenoxy) is 1. The summed E-state index contributed by atoms with van der Waals surface area (Å²) >= 11 is 1.58. The number of thiophene rings is 1. The van der Waals surface area contributed by atoms with E-state index in [2.05, 4.69) is 4.72 Å². The van der Waals surface area contributed by atoms with Crippen LogP contribution in [0.2, 0.25) is 0 Å². The zero-order chi connectivity index (χ0) is 15.3. The van der Waals surface area contributed by atoms with Crippen molar-refractivity contribution in [1.29, 1.82) is 0 Å². The van der Waals surface area contributed by atoms with E-state index in [9.17, 15) is 13.5 Å². The van der Waals surface area contributed by atoms with Crippen molar-refractivity contribution in [3.05, 3.63) is 46.2 Å². The molecule has 2 rings (SSSR count). The summed E-state index contributed by atoms with van der Waals surface area (Å²) in [6, 6.07) is 6.39. The van der Waals surface area contributed by atoms with Gasteiger partial charge >= 0.3 is 0 Å². The predicted molar refractivity (Wildman–Crippen MR) is 82.1 cm³/mol. The number of aliphatic hydroxyl groups excluding tert-OH is 1. The molecule has 0 unspecified atom stereocenters. The molecule has 2 N–H and O–H groups in total. The molecular weight excluding hydrogens is 310 g/mol. The van der Waals surface area contributed by atoms with Crippen molar-refractivity contribution in [3.63, 3.8) is 0 Å². The maximum Gasteiger partial charge on any atom is 0.240 e. The van der Waals surface area contributed by atoms with E-state index in [1.807, 2.05) is 16.8 Å². The van der Waals surface area contributed by atoms with Gasteiger partial charge in [0.25, 0.3) is 0 Å². The Morgan fingerprint density at radius 2 is 2.14 bits per heavy atom. The molecule has 21 heavy (non-hydrogen) atoms. The van der Waals surface area contributed by atoms with Gasteiger partial charge in [-0.3, -0.25) is 0 Å². The van der Waals surface area contributed by atoms with Crippen molar-refractivity contribution in [2.75, 3.05) is 13.7 Å². The molecule has 0 saturated carbocycles. The third kappa shape index (κ3) is 4.04. The second kappa shape index (κ2) is 7.04. The van der Waals surface area contributed by atoms with Crippen molar-refractivity contribution in [1.82, 2.24) is 4.72 Å². The molecule has 0 atom stereocenters. The molecule has 0 amide bonds. The number of methoxy groups -OCH3 is 1. The van der Waals surface area contributed by atoms with Crippen LogP contribution in [-0.2, 0) is 23.1 Å². The van der Waals surface area contributed by atoms with Gasteiger partial charge in [0.05, 0.1) is 18.6 Å². The lowest BCUT2D eigenvalue weighted by molar-refractivity contribution is 0.273. The van der Waals surface area contributed by atoms with Crippen molar-refractivity contribution in [2.45, 2.75) is 17.9 Å². The average molecular weight is 327 g/mol. The number of rotatable bonds is 7. The number of hydrogen-bond acceptors (Lipinski definition) is 5. The fourth-order valence-electron chi connectivity index (χ4n) is 1.89. The minimum absolute atomic E-state index is 0.123. The molecule has 0 aliphatic heterocycles. The van der Waals surface area contributed by atoms with Crippen LogP contribution in [-0.4, -0.2) is 27.2 Å². The summed E-state index contributed by atoms with van der Waals surface area (Å²) in [6.07, 6.45) is 0.645. The molecular formula is C14H17NO4S2. The third-order valence-electron chi connectivity index (χ3n) is 3.02. The van der Waals surface area contributed by atoms with Crippen molar-refractivity contribution >= 4 is 21.4 Å². The van der Waals surface area contributed by atoms with Crippen LogP contribution < -0.4 is 9.46 Å². The van der Waals surface area contributed by atoms with Gasteiger partial charge in [-0.05, 0) is 47.0 Å². The molecule has 5 nitrogen and oxygen atoms in total. The first-order valence-corrected chi connectivity index (χ1v) is 8.78. The Morgan fingerprint density at radius 3 is 2.76 bits per heavy atom. The molecule has 0 radical (unpaired) electrons. The number of benzene rings is 1. The molecule has 0 spiro atoms. The van der Waals surface area contributed by atoms with Gasteiger partial charge in [0.1, 0.15) is 5.75 Å². The van der Waals surface area contributed by atoms with Crippen molar-refractivity contribution < 1.29 is 18.3 Å². The van der Waals surface area contributed by atoms with Gasteiger partial charge in [0.2, 0.25) is 10.0 Å². The maximum absolute atomic E-state index is 12.2. The SMILES string of the molecule is COc1ccc(S(=O)(=O)NCCc2ccsc2)cc1CO. The highest BCUT2D eigenvalue weighted by Crippen LogP contribution is 2.22. The lowest BCUT2D eigenvalue weighted by atomic mass is 10.2. The number of nitrogens with one attached hydrogen (secondary N) is 1. The normalized spacial score (nSPS) is 11.5. The van der Waals surface area contributed by atoms with Crippen LogP contribution in [0.25, 0.3) is 0 Å². The first-order valence-electron chi connectivity index (χ1n) is 6.35. The van der Waals surface area contributed by atoms with Crippen LogP contribution in [0.4, 0.5) is 0 Å². The number of hydrogen-bond donors (Lipinski definition) is 2. The second-order valence-corrected chi connectivity index (χ2v) is 6.96. The summed E-state index contributed by atoms with van der Waals surface area (Å²) in [5.74, 6) is 0.467. The first kappa shape index (κ1) is 16.0. The fraction of sp³-hybridized carbons (Fsp3) is 0.286. The monoisotopic (exact) mass is 327 g/mol. The zero-order valence-corrected chi connectivity index (χ0v) is 13.2. The summed E-state index contributed by atoms with van der Waals surface area (Å²) < 4.78 is 32.0. The molecule has 1 aromatic carbocycles. The standard InChI is InChI=1S/C14H17NO4S2/c1-19-14-3-2-13(8-12(14)9-16)21(17,18)15-6-4-11-5-7-20-10-11/h2-3,5,7-8,10,15-16H,4,6,9H2,1H3. The molecule has 114 valence electrons. The van der Waals surface area contributed by atoms with E-state index in [1.54, 1.807) is 17.4 Å². The largest absolute Gasteiger partial charge is 0.496 e. The molecule has 0 saturated heterocycles. The van der Waals surface area contributed by atoms with Crippen LogP contribution >= 0.6 is 11.3 Å². The van der Waals surface area contributed by atoms with Crippen LogP contribution in [0.1, 0.15) is 11.1 Å². The fourth-order valence-corrected chi connectivity index (χ4v) is 3.68. The van der Waals surface area contributed by atoms with Gasteiger partial charge in [0.15, 0.2) is 0 Å². The molecule has 0 fully saturated rings. The van der Waals surface area contributed by atoms with Gasteiger partial charge in [-0.1, -0.05) is 0 Å². The second-order valence-electron chi connectivity index (χ2n) is 4.41. The summed E-state index contributed by atoms with van der Waals surface area (Å²) in [5.41, 5.74) is 1.55. The van der Waals surface area contributed by atoms with Crippen LogP contribution in [0, 0.1) is 0 Å². The Hall–Kier alpha value is -1.41. The minimum Gasteiger partial charge on any atom is -0.496 e. The maximum atomic E-state index is 12.2. The van der Waals surface area contributed by atoms with E-state index < -0.39 is 10.0 Å². The highest BCUT2D eigenvalue weighted by Gasteiger charge is 2.15. The van der Waals surface area contributed by atoms with Crippen LogP contribution in [0.5, 0.6) is 5.75 Å². The van der Waals surface area contributed by atoms with Gasteiger partial charge in [-0.25, -0.2) is 13.1 Å². The first-order chi connectivity index (χ1) is 10.1. The van der Waals surface area contributed by atoms with Crippen LogP contribution in [0.15, 0.2) is 39.9 Å². The Labute approximate surface area is 128 Å². The minimum atomic E-state index is -3.58. The Bertz CT molecular complexity index is 681. The third-order valence-corrected chi connectivity index (χ3v) is 5.21. The lowest BCUT2D eigenvalue weighted by Gasteiger charge is -2.10. The summed E-state index contributed by atoms with van der Waals surface area (Å²) in [4.78, 5) is 0.123. The van der Waals surface area contributed by atoms with E-state index in [4.69, 9.17) is 4.74 Å². The van der Waals surface area contributed by atoms with E-state index in [0.29, 0.717) is 24.3 Å². The van der Waals surface area contributed by atoms with Crippen LogP contribution in [0.3, 0.4) is 0 Å². The predicted octanol–water partition coefficient (Wildman–Crippen LogP) is 1.77. The van der Waals surface area contributed by atoms with Gasteiger partial charge in [-0.2, -0.15) is 11.3 Å². The van der Waals surface area contributed by atoms with E-state index >= 15 is 0 Å². The summed E-state index contributed by atoms with van der Waals surface area (Å²) in [7, 11) is -2.11. The molecule has 0 bridgehead atoms. The number of aliphatic hydroxyl groups is 1. The van der Waals surface area contributed by atoms with Crippen molar-refractivity contribution in [3.8, 4) is 5.75 Å². The van der Waals surface area contributed by atoms with Gasteiger partial charge in [0, 0.05) is 12.1 Å². The molecule has 0 aliphatic rings. The summed E-state index contributed by atoms with van der Waals surface area (Å²) in [5, 5.41) is 13.2.